The molecule has 2 unspecified atom stereocenters. The zero-order chi connectivity index (χ0) is 12.3. The largest absolute Gasteiger partial charge is 0.571 e. The van der Waals surface area contributed by atoms with Crippen molar-refractivity contribution in [2.24, 2.45) is 16.6 Å². The molecule has 0 bridgehead atoms. The Morgan fingerprint density at radius 2 is 2.38 bits per heavy atom. The van der Waals surface area contributed by atoms with E-state index in [9.17, 15) is 18.9 Å². The third-order valence-electron chi connectivity index (χ3n) is 2.34. The van der Waals surface area contributed by atoms with Crippen LogP contribution in [-0.4, -0.2) is 36.1 Å². The molecule has 2 N–H and O–H groups in total. The molecule has 1 saturated heterocycles. The average molecular weight is 237 g/mol. The number of nitro groups is 1. The highest BCUT2D eigenvalue weighted by molar-refractivity contribution is 5.85. The van der Waals surface area contributed by atoms with E-state index >= 15 is 0 Å². The Balaban J connectivity index is 2.54. The monoisotopic (exact) mass is 237 g/mol. The SMILES string of the molecule is CC1CC(CN=C(N)C(F)(F)[N+](=O)[O-])CO1. The van der Waals surface area contributed by atoms with Crippen molar-refractivity contribution in [1.29, 1.82) is 0 Å². The summed E-state index contributed by atoms with van der Waals surface area (Å²) in [7, 11) is 0. The summed E-state index contributed by atoms with van der Waals surface area (Å²) in [5.74, 6) is -1.26. The molecule has 1 aliphatic rings. The van der Waals surface area contributed by atoms with Gasteiger partial charge in [-0.25, -0.2) is 0 Å². The molecule has 0 aromatic carbocycles. The van der Waals surface area contributed by atoms with Crippen molar-refractivity contribution in [3.05, 3.63) is 10.1 Å². The van der Waals surface area contributed by atoms with Gasteiger partial charge < -0.3 is 10.5 Å². The molecule has 1 rings (SSSR count). The molecular weight excluding hydrogens is 224 g/mol. The van der Waals surface area contributed by atoms with E-state index in [-0.39, 0.29) is 18.6 Å². The Bertz CT molecular complexity index is 309. The Morgan fingerprint density at radius 3 is 2.81 bits per heavy atom. The summed E-state index contributed by atoms with van der Waals surface area (Å²) < 4.78 is 30.6. The van der Waals surface area contributed by atoms with Crippen molar-refractivity contribution in [3.8, 4) is 0 Å². The minimum absolute atomic E-state index is 0.00361. The maximum Gasteiger partial charge on any atom is 0.571 e. The maximum absolute atomic E-state index is 12.7. The first-order valence-corrected chi connectivity index (χ1v) is 4.78. The minimum atomic E-state index is -4.29. The van der Waals surface area contributed by atoms with Gasteiger partial charge in [0.1, 0.15) is 4.92 Å². The molecule has 8 heteroatoms. The smallest absolute Gasteiger partial charge is 0.378 e. The topological polar surface area (TPSA) is 90.8 Å². The van der Waals surface area contributed by atoms with E-state index in [4.69, 9.17) is 10.5 Å². The number of hydrogen-bond donors (Lipinski definition) is 1. The van der Waals surface area contributed by atoms with Gasteiger partial charge in [0.25, 0.3) is 0 Å². The summed E-state index contributed by atoms with van der Waals surface area (Å²) in [6.07, 6.45) is 0.762. The van der Waals surface area contributed by atoms with Gasteiger partial charge in [0, 0.05) is 12.5 Å². The van der Waals surface area contributed by atoms with Gasteiger partial charge in [0.15, 0.2) is 0 Å². The molecule has 0 aromatic heterocycles. The van der Waals surface area contributed by atoms with Gasteiger partial charge in [-0.15, -0.1) is 8.78 Å². The second-order valence-electron chi connectivity index (χ2n) is 3.77. The lowest BCUT2D eigenvalue weighted by atomic mass is 10.1. The number of ether oxygens (including phenoxy) is 1. The number of rotatable bonds is 4. The predicted molar refractivity (Wildman–Crippen MR) is 52.0 cm³/mol. The van der Waals surface area contributed by atoms with E-state index in [0.29, 0.717) is 13.0 Å². The van der Waals surface area contributed by atoms with Crippen LogP contribution in [0.2, 0.25) is 0 Å². The van der Waals surface area contributed by atoms with Crippen LogP contribution in [0.25, 0.3) is 0 Å². The van der Waals surface area contributed by atoms with Gasteiger partial charge >= 0.3 is 6.05 Å². The van der Waals surface area contributed by atoms with Crippen LogP contribution >= 0.6 is 0 Å². The Hall–Kier alpha value is -1.31. The Labute approximate surface area is 90.6 Å². The molecule has 1 aliphatic heterocycles. The Kier molecular flexibility index (Phi) is 3.74. The van der Waals surface area contributed by atoms with Crippen LogP contribution in [0.5, 0.6) is 0 Å². The van der Waals surface area contributed by atoms with Crippen LogP contribution in [0.1, 0.15) is 13.3 Å². The third-order valence-corrected chi connectivity index (χ3v) is 2.34. The third kappa shape index (κ3) is 2.84. The fourth-order valence-electron chi connectivity index (χ4n) is 1.45. The van der Waals surface area contributed by atoms with Gasteiger partial charge in [-0.05, 0) is 13.3 Å². The van der Waals surface area contributed by atoms with E-state index in [2.05, 4.69) is 4.99 Å². The standard InChI is InChI=1S/C8H13F2N3O3/c1-5-2-6(4-16-5)3-12-7(11)8(9,10)13(14)15/h5-6H,2-4H2,1H3,(H2,11,12). The fourth-order valence-corrected chi connectivity index (χ4v) is 1.45. The summed E-state index contributed by atoms with van der Waals surface area (Å²) >= 11 is 0. The highest BCUT2D eigenvalue weighted by atomic mass is 19.3. The number of nitrogens with zero attached hydrogens (tertiary/aromatic N) is 2. The molecule has 1 fully saturated rings. The quantitative estimate of drug-likeness (QED) is 0.255. The van der Waals surface area contributed by atoms with Crippen molar-refractivity contribution in [2.75, 3.05) is 13.2 Å². The van der Waals surface area contributed by atoms with Crippen LogP contribution in [0.3, 0.4) is 0 Å². The van der Waals surface area contributed by atoms with E-state index in [1.807, 2.05) is 6.92 Å². The van der Waals surface area contributed by atoms with Gasteiger partial charge in [-0.2, -0.15) is 0 Å². The first-order chi connectivity index (χ1) is 7.34. The van der Waals surface area contributed by atoms with Crippen LogP contribution in [0, 0.1) is 16.0 Å². The van der Waals surface area contributed by atoms with Gasteiger partial charge in [-0.3, -0.25) is 15.1 Å². The highest BCUT2D eigenvalue weighted by Crippen LogP contribution is 2.20. The summed E-state index contributed by atoms with van der Waals surface area (Å²) in [6, 6.07) is -4.29. The molecule has 16 heavy (non-hydrogen) atoms. The molecule has 0 spiro atoms. The molecular formula is C8H13F2N3O3. The number of halogens is 2. The molecule has 1 heterocycles. The lowest BCUT2D eigenvalue weighted by Crippen LogP contribution is -2.43. The average Bonchev–Trinajstić information content (AvgIpc) is 2.60. The minimum Gasteiger partial charge on any atom is -0.378 e. The first kappa shape index (κ1) is 12.8. The van der Waals surface area contributed by atoms with E-state index in [1.54, 1.807) is 0 Å². The van der Waals surface area contributed by atoms with Crippen molar-refractivity contribution < 1.29 is 18.4 Å². The molecule has 0 aromatic rings. The van der Waals surface area contributed by atoms with Gasteiger partial charge in [0.2, 0.25) is 5.84 Å². The van der Waals surface area contributed by atoms with Gasteiger partial charge in [-0.1, -0.05) is 0 Å². The van der Waals surface area contributed by atoms with Crippen LogP contribution < -0.4 is 5.73 Å². The molecule has 0 saturated carbocycles. The maximum atomic E-state index is 12.7. The van der Waals surface area contributed by atoms with Crippen LogP contribution in [0.4, 0.5) is 8.78 Å². The lowest BCUT2D eigenvalue weighted by Gasteiger charge is -2.07. The second kappa shape index (κ2) is 4.69. The summed E-state index contributed by atoms with van der Waals surface area (Å²) in [6.45, 7) is 2.31. The van der Waals surface area contributed by atoms with Crippen molar-refractivity contribution >= 4 is 5.84 Å². The van der Waals surface area contributed by atoms with Crippen LogP contribution in [0.15, 0.2) is 4.99 Å². The molecule has 0 aliphatic carbocycles. The van der Waals surface area contributed by atoms with Crippen LogP contribution in [-0.2, 0) is 4.74 Å². The van der Waals surface area contributed by atoms with Gasteiger partial charge in [0.05, 0.1) is 12.7 Å². The van der Waals surface area contributed by atoms with E-state index in [1.165, 1.54) is 0 Å². The lowest BCUT2D eigenvalue weighted by molar-refractivity contribution is -0.617. The summed E-state index contributed by atoms with van der Waals surface area (Å²) in [4.78, 5) is 11.6. The normalized spacial score (nSPS) is 27.1. The zero-order valence-electron chi connectivity index (χ0n) is 8.73. The fraction of sp³-hybridized carbons (Fsp3) is 0.875. The highest BCUT2D eigenvalue weighted by Gasteiger charge is 2.49. The summed E-state index contributed by atoms with van der Waals surface area (Å²) in [5.41, 5.74) is 4.88. The van der Waals surface area contributed by atoms with E-state index in [0.717, 1.165) is 0 Å². The number of amidine groups is 1. The molecule has 92 valence electrons. The summed E-state index contributed by atoms with van der Waals surface area (Å²) in [5, 5.41) is 9.98. The zero-order valence-corrected chi connectivity index (χ0v) is 8.73. The first-order valence-electron chi connectivity index (χ1n) is 4.78. The number of nitrogens with two attached hydrogens (primary N) is 1. The number of alkyl halides is 2. The molecule has 0 radical (unpaired) electrons. The van der Waals surface area contributed by atoms with Crippen molar-refractivity contribution in [1.82, 2.24) is 0 Å². The van der Waals surface area contributed by atoms with Crippen molar-refractivity contribution in [3.63, 3.8) is 0 Å². The molecule has 6 nitrogen and oxygen atoms in total. The van der Waals surface area contributed by atoms with E-state index < -0.39 is 16.8 Å². The molecule has 2 atom stereocenters. The molecule has 0 amide bonds. The van der Waals surface area contributed by atoms with Crippen molar-refractivity contribution in [2.45, 2.75) is 25.5 Å². The predicted octanol–water partition coefficient (Wildman–Crippen LogP) is 0.638. The number of aliphatic imine (C=N–C) groups is 1. The Morgan fingerprint density at radius 1 is 1.75 bits per heavy atom. The second-order valence-corrected chi connectivity index (χ2v) is 3.77. The number of hydrogen-bond acceptors (Lipinski definition) is 4.